The number of fused-ring (bicyclic) bond motifs is 1. The predicted octanol–water partition coefficient (Wildman–Crippen LogP) is 3.80. The maximum atomic E-state index is 13.0. The van der Waals surface area contributed by atoms with Crippen LogP contribution in [-0.4, -0.2) is 27.6 Å². The smallest absolute Gasteiger partial charge is 0.261 e. The van der Waals surface area contributed by atoms with Gasteiger partial charge < -0.3 is 10.1 Å². The van der Waals surface area contributed by atoms with Gasteiger partial charge in [0, 0.05) is 17.4 Å². The summed E-state index contributed by atoms with van der Waals surface area (Å²) in [5.74, 6) is -0.0145. The van der Waals surface area contributed by atoms with Gasteiger partial charge >= 0.3 is 0 Å². The number of methoxy groups -OCH3 is 1. The first kappa shape index (κ1) is 16.7. The molecule has 2 aromatic carbocycles. The van der Waals surface area contributed by atoms with Gasteiger partial charge in [-0.2, -0.15) is 5.10 Å². The van der Waals surface area contributed by atoms with Crippen molar-refractivity contribution in [2.75, 3.05) is 12.4 Å². The van der Waals surface area contributed by atoms with Crippen LogP contribution in [0, 0.1) is 5.82 Å². The number of carbonyl (C=O) groups excluding carboxylic acids is 1. The molecule has 27 heavy (non-hydrogen) atoms. The average molecular weight is 362 g/mol. The Kier molecular flexibility index (Phi) is 4.25. The molecule has 4 aromatic rings. The molecular weight excluding hydrogens is 347 g/mol. The van der Waals surface area contributed by atoms with Gasteiger partial charge in [0.2, 0.25) is 0 Å². The molecular formula is C20H15FN4O2. The van der Waals surface area contributed by atoms with E-state index in [4.69, 9.17) is 4.74 Å². The minimum absolute atomic E-state index is 0.323. The number of nitrogens with one attached hydrogen (secondary N) is 1. The standard InChI is InChI=1S/C20H15FN4O2/c1-27-16-4-2-3-13(11-16)18-9-10-22-19-17(12-23-25(18)19)20(26)24-15-7-5-14(21)6-8-15/h2-12H,1H3,(H,24,26). The number of hydrogen-bond donors (Lipinski definition) is 1. The van der Waals surface area contributed by atoms with Crippen LogP contribution in [0.3, 0.4) is 0 Å². The minimum Gasteiger partial charge on any atom is -0.497 e. The summed E-state index contributed by atoms with van der Waals surface area (Å²) < 4.78 is 19.9. The van der Waals surface area contributed by atoms with E-state index in [1.807, 2.05) is 30.3 Å². The Morgan fingerprint density at radius 1 is 1.15 bits per heavy atom. The molecule has 6 nitrogen and oxygen atoms in total. The summed E-state index contributed by atoms with van der Waals surface area (Å²) in [6, 6.07) is 14.9. The second-order valence-corrected chi connectivity index (χ2v) is 5.82. The second kappa shape index (κ2) is 6.87. The number of anilines is 1. The van der Waals surface area contributed by atoms with Gasteiger partial charge in [-0.1, -0.05) is 12.1 Å². The molecule has 0 bridgehead atoms. The van der Waals surface area contributed by atoms with Crippen molar-refractivity contribution in [1.29, 1.82) is 0 Å². The summed E-state index contributed by atoms with van der Waals surface area (Å²) in [5.41, 5.74) is 2.90. The van der Waals surface area contributed by atoms with Crippen molar-refractivity contribution in [3.63, 3.8) is 0 Å². The summed E-state index contributed by atoms with van der Waals surface area (Å²) in [4.78, 5) is 16.9. The van der Waals surface area contributed by atoms with Crippen LogP contribution in [0.4, 0.5) is 10.1 Å². The molecule has 0 aliphatic rings. The Labute approximate surface area is 154 Å². The number of ether oxygens (including phenoxy) is 1. The molecule has 0 unspecified atom stereocenters. The van der Waals surface area contributed by atoms with Crippen molar-refractivity contribution in [3.05, 3.63) is 78.4 Å². The lowest BCUT2D eigenvalue weighted by Crippen LogP contribution is -2.12. The molecule has 0 saturated heterocycles. The number of halogens is 1. The summed E-state index contributed by atoms with van der Waals surface area (Å²) in [5, 5.41) is 7.04. The first-order valence-corrected chi connectivity index (χ1v) is 8.20. The Hall–Kier alpha value is -3.74. The molecule has 1 N–H and O–H groups in total. The van der Waals surface area contributed by atoms with Gasteiger partial charge in [-0.15, -0.1) is 0 Å². The van der Waals surface area contributed by atoms with Crippen molar-refractivity contribution in [3.8, 4) is 17.0 Å². The van der Waals surface area contributed by atoms with E-state index in [0.29, 0.717) is 16.9 Å². The molecule has 0 saturated carbocycles. The van der Waals surface area contributed by atoms with Crippen LogP contribution in [-0.2, 0) is 0 Å². The highest BCUT2D eigenvalue weighted by atomic mass is 19.1. The third-order valence-corrected chi connectivity index (χ3v) is 4.11. The average Bonchev–Trinajstić information content (AvgIpc) is 3.14. The van der Waals surface area contributed by atoms with Crippen molar-refractivity contribution < 1.29 is 13.9 Å². The summed E-state index contributed by atoms with van der Waals surface area (Å²) >= 11 is 0. The van der Waals surface area contributed by atoms with Gasteiger partial charge in [-0.3, -0.25) is 4.79 Å². The van der Waals surface area contributed by atoms with E-state index >= 15 is 0 Å². The lowest BCUT2D eigenvalue weighted by atomic mass is 10.1. The number of carbonyl (C=O) groups is 1. The van der Waals surface area contributed by atoms with E-state index < -0.39 is 0 Å². The zero-order chi connectivity index (χ0) is 18.8. The highest BCUT2D eigenvalue weighted by Crippen LogP contribution is 2.25. The SMILES string of the molecule is COc1cccc(-c2ccnc3c(C(=O)Nc4ccc(F)cc4)cnn23)c1. The number of hydrogen-bond acceptors (Lipinski definition) is 4. The third-order valence-electron chi connectivity index (χ3n) is 4.11. The Morgan fingerprint density at radius 2 is 1.96 bits per heavy atom. The van der Waals surface area contributed by atoms with Crippen LogP contribution in [0.25, 0.3) is 16.9 Å². The molecule has 7 heteroatoms. The van der Waals surface area contributed by atoms with Gasteiger partial charge in [-0.25, -0.2) is 13.9 Å². The van der Waals surface area contributed by atoms with Crippen LogP contribution in [0.15, 0.2) is 67.0 Å². The molecule has 134 valence electrons. The number of nitrogens with zero attached hydrogens (tertiary/aromatic N) is 3. The van der Waals surface area contributed by atoms with Crippen LogP contribution in [0.5, 0.6) is 5.75 Å². The highest BCUT2D eigenvalue weighted by Gasteiger charge is 2.16. The Bertz CT molecular complexity index is 1120. The van der Waals surface area contributed by atoms with E-state index in [2.05, 4.69) is 15.4 Å². The number of rotatable bonds is 4. The van der Waals surface area contributed by atoms with Gasteiger partial charge in [0.1, 0.15) is 17.1 Å². The number of benzene rings is 2. The van der Waals surface area contributed by atoms with E-state index in [1.54, 1.807) is 17.8 Å². The summed E-state index contributed by atoms with van der Waals surface area (Å²) in [7, 11) is 1.60. The van der Waals surface area contributed by atoms with Crippen LogP contribution >= 0.6 is 0 Å². The van der Waals surface area contributed by atoms with Gasteiger partial charge in [-0.05, 0) is 42.5 Å². The second-order valence-electron chi connectivity index (χ2n) is 5.82. The first-order valence-electron chi connectivity index (χ1n) is 8.20. The van der Waals surface area contributed by atoms with Crippen molar-refractivity contribution in [1.82, 2.24) is 14.6 Å². The lowest BCUT2D eigenvalue weighted by molar-refractivity contribution is 0.102. The molecule has 4 rings (SSSR count). The zero-order valence-corrected chi connectivity index (χ0v) is 14.4. The first-order chi connectivity index (χ1) is 13.2. The minimum atomic E-state index is -0.369. The normalized spacial score (nSPS) is 10.7. The molecule has 2 aromatic heterocycles. The largest absolute Gasteiger partial charge is 0.497 e. The quantitative estimate of drug-likeness (QED) is 0.600. The fraction of sp³-hybridized carbons (Fsp3) is 0.0500. The van der Waals surface area contributed by atoms with Crippen molar-refractivity contribution in [2.45, 2.75) is 0 Å². The van der Waals surface area contributed by atoms with E-state index in [9.17, 15) is 9.18 Å². The highest BCUT2D eigenvalue weighted by molar-refractivity contribution is 6.08. The van der Waals surface area contributed by atoms with Crippen LogP contribution in [0.1, 0.15) is 10.4 Å². The maximum absolute atomic E-state index is 13.0. The van der Waals surface area contributed by atoms with Crippen LogP contribution < -0.4 is 10.1 Å². The maximum Gasteiger partial charge on any atom is 0.261 e. The van der Waals surface area contributed by atoms with E-state index in [1.165, 1.54) is 30.5 Å². The zero-order valence-electron chi connectivity index (χ0n) is 14.4. The summed E-state index contributed by atoms with van der Waals surface area (Å²) in [6.07, 6.45) is 3.09. The third kappa shape index (κ3) is 3.22. The van der Waals surface area contributed by atoms with Crippen molar-refractivity contribution in [2.24, 2.45) is 0 Å². The molecule has 0 aliphatic heterocycles. The summed E-state index contributed by atoms with van der Waals surface area (Å²) in [6.45, 7) is 0. The monoisotopic (exact) mass is 362 g/mol. The molecule has 0 aliphatic carbocycles. The predicted molar refractivity (Wildman–Crippen MR) is 99.3 cm³/mol. The lowest BCUT2D eigenvalue weighted by Gasteiger charge is -2.07. The molecule has 1 amide bonds. The molecule has 0 radical (unpaired) electrons. The van der Waals surface area contributed by atoms with E-state index in [-0.39, 0.29) is 11.7 Å². The van der Waals surface area contributed by atoms with E-state index in [0.717, 1.165) is 17.0 Å². The molecule has 0 fully saturated rings. The fourth-order valence-corrected chi connectivity index (χ4v) is 2.78. The molecule has 0 atom stereocenters. The Morgan fingerprint density at radius 3 is 2.74 bits per heavy atom. The number of aromatic nitrogens is 3. The van der Waals surface area contributed by atoms with Gasteiger partial charge in [0.25, 0.3) is 5.91 Å². The van der Waals surface area contributed by atoms with Crippen molar-refractivity contribution >= 4 is 17.2 Å². The fourth-order valence-electron chi connectivity index (χ4n) is 2.78. The number of amides is 1. The van der Waals surface area contributed by atoms with Gasteiger partial charge in [0.05, 0.1) is 19.0 Å². The Balaban J connectivity index is 1.71. The topological polar surface area (TPSA) is 68.5 Å². The van der Waals surface area contributed by atoms with Crippen LogP contribution in [0.2, 0.25) is 0 Å². The van der Waals surface area contributed by atoms with Gasteiger partial charge in [0.15, 0.2) is 5.65 Å². The molecule has 0 spiro atoms. The molecule has 2 heterocycles.